The monoisotopic (exact) mass is 301 g/mol. The number of nitrogens with zero attached hydrogens (tertiary/aromatic N) is 2. The second-order valence-electron chi connectivity index (χ2n) is 4.67. The van der Waals surface area contributed by atoms with Crippen molar-refractivity contribution >= 4 is 17.4 Å². The van der Waals surface area contributed by atoms with Crippen molar-refractivity contribution in [3.8, 4) is 11.3 Å². The molecule has 7 heteroatoms. The quantitative estimate of drug-likeness (QED) is 0.870. The molecule has 1 aliphatic rings. The van der Waals surface area contributed by atoms with E-state index >= 15 is 0 Å². The first-order valence-electron chi connectivity index (χ1n) is 6.05. The summed E-state index contributed by atoms with van der Waals surface area (Å²) in [5.74, 6) is 0.864. The van der Waals surface area contributed by atoms with Crippen molar-refractivity contribution in [2.45, 2.75) is 12.6 Å². The van der Waals surface area contributed by atoms with Gasteiger partial charge in [-0.2, -0.15) is 18.3 Å². The number of anilines is 1. The van der Waals surface area contributed by atoms with Gasteiger partial charge in [0.1, 0.15) is 5.82 Å². The van der Waals surface area contributed by atoms with Crippen LogP contribution in [0.5, 0.6) is 0 Å². The molecule has 0 amide bonds. The second kappa shape index (κ2) is 4.41. The van der Waals surface area contributed by atoms with Crippen LogP contribution in [-0.4, -0.2) is 16.3 Å². The number of alkyl halides is 3. The highest BCUT2D eigenvalue weighted by molar-refractivity contribution is 6.31. The van der Waals surface area contributed by atoms with Crippen molar-refractivity contribution in [3.05, 3.63) is 34.3 Å². The predicted molar refractivity (Wildman–Crippen MR) is 70.8 cm³/mol. The number of benzene rings is 1. The topological polar surface area (TPSA) is 29.9 Å². The second-order valence-corrected chi connectivity index (χ2v) is 5.08. The van der Waals surface area contributed by atoms with Crippen molar-refractivity contribution in [1.29, 1.82) is 0 Å². The summed E-state index contributed by atoms with van der Waals surface area (Å²) in [7, 11) is 1.77. The number of aryl methyl sites for hydroxylation is 1. The van der Waals surface area contributed by atoms with Crippen molar-refractivity contribution in [1.82, 2.24) is 9.78 Å². The van der Waals surface area contributed by atoms with Crippen LogP contribution >= 0.6 is 11.6 Å². The summed E-state index contributed by atoms with van der Waals surface area (Å²) >= 11 is 5.63. The Hall–Kier alpha value is -1.69. The van der Waals surface area contributed by atoms with E-state index in [-0.39, 0.29) is 5.02 Å². The highest BCUT2D eigenvalue weighted by Gasteiger charge is 2.34. The van der Waals surface area contributed by atoms with E-state index in [1.807, 2.05) is 0 Å². The molecule has 106 valence electrons. The Morgan fingerprint density at radius 1 is 1.35 bits per heavy atom. The fourth-order valence-electron chi connectivity index (χ4n) is 2.45. The highest BCUT2D eigenvalue weighted by atomic mass is 35.5. The number of aromatic nitrogens is 2. The van der Waals surface area contributed by atoms with Crippen molar-refractivity contribution in [2.24, 2.45) is 7.05 Å². The number of nitrogens with one attached hydrogen (secondary N) is 1. The maximum Gasteiger partial charge on any atom is 0.417 e. The van der Waals surface area contributed by atoms with Crippen LogP contribution in [0.1, 0.15) is 11.1 Å². The first-order chi connectivity index (χ1) is 9.38. The van der Waals surface area contributed by atoms with Gasteiger partial charge in [-0.15, -0.1) is 0 Å². The fourth-order valence-corrected chi connectivity index (χ4v) is 2.68. The molecule has 1 N–H and O–H groups in total. The number of fused-ring (bicyclic) bond motifs is 1. The summed E-state index contributed by atoms with van der Waals surface area (Å²) in [4.78, 5) is 0. The lowest BCUT2D eigenvalue weighted by molar-refractivity contribution is -0.137. The smallest absolute Gasteiger partial charge is 0.370 e. The Bertz CT molecular complexity index is 676. The third kappa shape index (κ3) is 2.04. The number of rotatable bonds is 1. The lowest BCUT2D eigenvalue weighted by Gasteiger charge is -2.10. The molecule has 0 saturated heterocycles. The van der Waals surface area contributed by atoms with E-state index < -0.39 is 11.7 Å². The Balaban J connectivity index is 2.15. The van der Waals surface area contributed by atoms with Crippen molar-refractivity contribution < 1.29 is 13.2 Å². The molecule has 0 bridgehead atoms. The van der Waals surface area contributed by atoms with Crippen LogP contribution in [0.15, 0.2) is 18.2 Å². The lowest BCUT2D eigenvalue weighted by atomic mass is 10.0. The molecular formula is C13H11ClF3N3. The number of hydrogen-bond donors (Lipinski definition) is 1. The molecule has 3 nitrogen and oxygen atoms in total. The standard InChI is InChI=1S/C13H11ClF3N3/c1-20-12-8(4-5-18-12)11(19-20)7-2-3-10(14)9(6-7)13(15,16)17/h2-3,6,18H,4-5H2,1H3. The van der Waals surface area contributed by atoms with Crippen LogP contribution < -0.4 is 5.32 Å². The average Bonchev–Trinajstić information content (AvgIpc) is 2.93. The van der Waals surface area contributed by atoms with Gasteiger partial charge in [-0.05, 0) is 18.6 Å². The Morgan fingerprint density at radius 3 is 2.80 bits per heavy atom. The lowest BCUT2D eigenvalue weighted by Crippen LogP contribution is -2.06. The molecular weight excluding hydrogens is 291 g/mol. The van der Waals surface area contributed by atoms with E-state index in [9.17, 15) is 13.2 Å². The molecule has 2 heterocycles. The van der Waals surface area contributed by atoms with Crippen molar-refractivity contribution in [2.75, 3.05) is 11.9 Å². The summed E-state index contributed by atoms with van der Waals surface area (Å²) in [5, 5.41) is 7.17. The van der Waals surface area contributed by atoms with Gasteiger partial charge in [0, 0.05) is 24.7 Å². The minimum Gasteiger partial charge on any atom is -0.370 e. The number of hydrogen-bond acceptors (Lipinski definition) is 2. The zero-order chi connectivity index (χ0) is 14.5. The fraction of sp³-hybridized carbons (Fsp3) is 0.308. The van der Waals surface area contributed by atoms with E-state index in [2.05, 4.69) is 10.4 Å². The number of halogens is 4. The van der Waals surface area contributed by atoms with Crippen molar-refractivity contribution in [3.63, 3.8) is 0 Å². The van der Waals surface area contributed by atoms with E-state index in [0.717, 1.165) is 30.4 Å². The largest absolute Gasteiger partial charge is 0.417 e. The maximum atomic E-state index is 12.9. The zero-order valence-corrected chi connectivity index (χ0v) is 11.3. The molecule has 20 heavy (non-hydrogen) atoms. The molecule has 1 aliphatic heterocycles. The van der Waals surface area contributed by atoms with Gasteiger partial charge in [-0.25, -0.2) is 0 Å². The van der Waals surface area contributed by atoms with Gasteiger partial charge in [-0.3, -0.25) is 4.68 Å². The third-order valence-electron chi connectivity index (χ3n) is 3.36. The van der Waals surface area contributed by atoms with E-state index in [4.69, 9.17) is 11.6 Å². The molecule has 0 atom stereocenters. The molecule has 1 aromatic heterocycles. The molecule has 3 rings (SSSR count). The predicted octanol–water partition coefficient (Wildman–Crippen LogP) is 3.73. The maximum absolute atomic E-state index is 12.9. The van der Waals surface area contributed by atoms with Gasteiger partial charge in [0.2, 0.25) is 0 Å². The van der Waals surface area contributed by atoms with Gasteiger partial charge in [0.15, 0.2) is 0 Å². The first-order valence-corrected chi connectivity index (χ1v) is 6.42. The van der Waals surface area contributed by atoms with E-state index in [1.165, 1.54) is 6.07 Å². The first kappa shape index (κ1) is 13.3. The summed E-state index contributed by atoms with van der Waals surface area (Å²) in [5.41, 5.74) is 1.13. The van der Waals surface area contributed by atoms with Crippen LogP contribution in [0.2, 0.25) is 5.02 Å². The molecule has 0 radical (unpaired) electrons. The molecule has 1 aromatic carbocycles. The summed E-state index contributed by atoms with van der Waals surface area (Å²) in [6, 6.07) is 3.89. The van der Waals surface area contributed by atoms with Gasteiger partial charge < -0.3 is 5.32 Å². The Kier molecular flexibility index (Phi) is 2.93. The minimum atomic E-state index is -4.47. The summed E-state index contributed by atoms with van der Waals surface area (Å²) in [6.45, 7) is 0.772. The molecule has 0 spiro atoms. The molecule has 0 aliphatic carbocycles. The molecule has 0 saturated carbocycles. The van der Waals surface area contributed by atoms with Crippen LogP contribution in [0.4, 0.5) is 19.0 Å². The van der Waals surface area contributed by atoms with Gasteiger partial charge >= 0.3 is 6.18 Å². The van der Waals surface area contributed by atoms with Crippen LogP contribution in [0, 0.1) is 0 Å². The Labute approximate surface area is 118 Å². The summed E-state index contributed by atoms with van der Waals surface area (Å²) in [6.07, 6.45) is -3.72. The highest BCUT2D eigenvalue weighted by Crippen LogP contribution is 2.39. The van der Waals surface area contributed by atoms with Gasteiger partial charge in [-0.1, -0.05) is 17.7 Å². The zero-order valence-electron chi connectivity index (χ0n) is 10.6. The van der Waals surface area contributed by atoms with E-state index in [1.54, 1.807) is 17.8 Å². The molecule has 2 aromatic rings. The van der Waals surface area contributed by atoms with Gasteiger partial charge in [0.05, 0.1) is 16.3 Å². The van der Waals surface area contributed by atoms with E-state index in [0.29, 0.717) is 11.3 Å². The summed E-state index contributed by atoms with van der Waals surface area (Å²) < 4.78 is 40.4. The van der Waals surface area contributed by atoms with Crippen LogP contribution in [-0.2, 0) is 19.6 Å². The van der Waals surface area contributed by atoms with Crippen LogP contribution in [0.3, 0.4) is 0 Å². The minimum absolute atomic E-state index is 0.299. The van der Waals surface area contributed by atoms with Gasteiger partial charge in [0.25, 0.3) is 0 Å². The average molecular weight is 302 g/mol. The normalized spacial score (nSPS) is 14.2. The Morgan fingerprint density at radius 2 is 2.10 bits per heavy atom. The molecule has 0 unspecified atom stereocenters. The molecule has 0 fully saturated rings. The SMILES string of the molecule is Cn1nc(-c2ccc(Cl)c(C(F)(F)F)c2)c2c1NCC2. The van der Waals surface area contributed by atoms with Crippen LogP contribution in [0.25, 0.3) is 11.3 Å². The third-order valence-corrected chi connectivity index (χ3v) is 3.69.